The Balaban J connectivity index is 2.05. The van der Waals surface area contributed by atoms with Crippen molar-refractivity contribution in [3.63, 3.8) is 0 Å². The molecule has 0 amide bonds. The molecule has 0 aliphatic carbocycles. The van der Waals surface area contributed by atoms with Gasteiger partial charge in [-0.25, -0.2) is 0 Å². The maximum absolute atomic E-state index is 5.78. The zero-order valence-electron chi connectivity index (χ0n) is 10.2. The summed E-state index contributed by atoms with van der Waals surface area (Å²) in [5.41, 5.74) is 6.51. The van der Waals surface area contributed by atoms with Crippen LogP contribution in [0.25, 0.3) is 0 Å². The summed E-state index contributed by atoms with van der Waals surface area (Å²) in [4.78, 5) is 0. The molecule has 1 rings (SSSR count). The number of benzene rings is 1. The van der Waals surface area contributed by atoms with Crippen LogP contribution in [0.15, 0.2) is 24.3 Å². The summed E-state index contributed by atoms with van der Waals surface area (Å²) in [5, 5.41) is 0. The standard InChI is InChI=1S/C14H23NO/c1-2-3-4-5-6-9-12-16-14-11-8-7-10-13(14)15/h7-8,10-11H,2-6,9,12,15H2,1H3. The number of ether oxygens (including phenoxy) is 1. The van der Waals surface area contributed by atoms with Crippen molar-refractivity contribution < 1.29 is 4.74 Å². The second-order valence-electron chi connectivity index (χ2n) is 4.15. The molecule has 0 aromatic heterocycles. The smallest absolute Gasteiger partial charge is 0.142 e. The Labute approximate surface area is 98.8 Å². The van der Waals surface area contributed by atoms with E-state index in [1.807, 2.05) is 24.3 Å². The van der Waals surface area contributed by atoms with Crippen LogP contribution in [0.2, 0.25) is 0 Å². The molecule has 0 bridgehead atoms. The Morgan fingerprint density at radius 2 is 1.69 bits per heavy atom. The van der Waals surface area contributed by atoms with Gasteiger partial charge in [-0.3, -0.25) is 0 Å². The first kappa shape index (κ1) is 12.9. The van der Waals surface area contributed by atoms with Gasteiger partial charge in [0.25, 0.3) is 0 Å². The fraction of sp³-hybridized carbons (Fsp3) is 0.571. The lowest BCUT2D eigenvalue weighted by Gasteiger charge is -2.08. The van der Waals surface area contributed by atoms with Crippen LogP contribution < -0.4 is 10.5 Å². The largest absolute Gasteiger partial charge is 0.491 e. The van der Waals surface area contributed by atoms with Crippen molar-refractivity contribution in [2.45, 2.75) is 45.4 Å². The SMILES string of the molecule is CCCCCCCCOc1ccccc1N. The van der Waals surface area contributed by atoms with E-state index in [0.29, 0.717) is 0 Å². The molecule has 0 heterocycles. The van der Waals surface area contributed by atoms with E-state index in [2.05, 4.69) is 6.92 Å². The summed E-state index contributed by atoms with van der Waals surface area (Å²) in [5.74, 6) is 0.816. The molecule has 16 heavy (non-hydrogen) atoms. The Morgan fingerprint density at radius 1 is 1.00 bits per heavy atom. The van der Waals surface area contributed by atoms with Crippen LogP contribution in [0.5, 0.6) is 5.75 Å². The summed E-state index contributed by atoms with van der Waals surface area (Å²) in [6, 6.07) is 7.67. The quantitative estimate of drug-likeness (QED) is 0.532. The third kappa shape index (κ3) is 5.06. The Bertz CT molecular complexity index is 286. The number of anilines is 1. The Morgan fingerprint density at radius 3 is 2.44 bits per heavy atom. The first-order valence-electron chi connectivity index (χ1n) is 6.32. The van der Waals surface area contributed by atoms with Crippen LogP contribution in [-0.2, 0) is 0 Å². The average molecular weight is 221 g/mol. The van der Waals surface area contributed by atoms with Crippen LogP contribution in [-0.4, -0.2) is 6.61 Å². The maximum atomic E-state index is 5.78. The van der Waals surface area contributed by atoms with E-state index in [4.69, 9.17) is 10.5 Å². The molecule has 0 saturated heterocycles. The van der Waals surface area contributed by atoms with Gasteiger partial charge in [-0.2, -0.15) is 0 Å². The molecule has 2 heteroatoms. The summed E-state index contributed by atoms with van der Waals surface area (Å²) >= 11 is 0. The van der Waals surface area contributed by atoms with Gasteiger partial charge in [-0.05, 0) is 18.6 Å². The molecule has 0 saturated carbocycles. The molecule has 0 atom stereocenters. The van der Waals surface area contributed by atoms with E-state index in [0.717, 1.165) is 24.5 Å². The van der Waals surface area contributed by atoms with Gasteiger partial charge in [0.1, 0.15) is 5.75 Å². The minimum atomic E-state index is 0.730. The number of hydrogen-bond acceptors (Lipinski definition) is 2. The summed E-state index contributed by atoms with van der Waals surface area (Å²) in [6.07, 6.45) is 7.71. The predicted octanol–water partition coefficient (Wildman–Crippen LogP) is 4.01. The minimum Gasteiger partial charge on any atom is -0.491 e. The van der Waals surface area contributed by atoms with Crippen LogP contribution >= 0.6 is 0 Å². The third-order valence-corrected chi connectivity index (χ3v) is 2.67. The zero-order chi connectivity index (χ0) is 11.6. The lowest BCUT2D eigenvalue weighted by molar-refractivity contribution is 0.306. The molecule has 1 aromatic carbocycles. The second-order valence-corrected chi connectivity index (χ2v) is 4.15. The van der Waals surface area contributed by atoms with Crippen LogP contribution in [0, 0.1) is 0 Å². The van der Waals surface area contributed by atoms with E-state index < -0.39 is 0 Å². The highest BCUT2D eigenvalue weighted by Crippen LogP contribution is 2.20. The van der Waals surface area contributed by atoms with Gasteiger partial charge < -0.3 is 10.5 Å². The molecule has 0 radical (unpaired) electrons. The van der Waals surface area contributed by atoms with E-state index in [1.54, 1.807) is 0 Å². The highest BCUT2D eigenvalue weighted by molar-refractivity contribution is 5.51. The van der Waals surface area contributed by atoms with Crippen LogP contribution in [0.1, 0.15) is 45.4 Å². The molecule has 0 fully saturated rings. The normalized spacial score (nSPS) is 10.3. The van der Waals surface area contributed by atoms with Gasteiger partial charge in [0, 0.05) is 0 Å². The molecular formula is C14H23NO. The van der Waals surface area contributed by atoms with Gasteiger partial charge in [0.05, 0.1) is 12.3 Å². The van der Waals surface area contributed by atoms with Crippen molar-refractivity contribution in [3.05, 3.63) is 24.3 Å². The van der Waals surface area contributed by atoms with Gasteiger partial charge >= 0.3 is 0 Å². The summed E-state index contributed by atoms with van der Waals surface area (Å²) in [6.45, 7) is 3.02. The molecule has 0 aliphatic rings. The van der Waals surface area contributed by atoms with Crippen molar-refractivity contribution in [2.24, 2.45) is 0 Å². The molecular weight excluding hydrogens is 198 g/mol. The Kier molecular flexibility index (Phi) is 6.47. The molecule has 2 N–H and O–H groups in total. The zero-order valence-corrected chi connectivity index (χ0v) is 10.2. The number of rotatable bonds is 8. The first-order chi connectivity index (χ1) is 7.84. The van der Waals surface area contributed by atoms with Gasteiger partial charge in [-0.15, -0.1) is 0 Å². The second kappa shape index (κ2) is 8.03. The highest BCUT2D eigenvalue weighted by atomic mass is 16.5. The van der Waals surface area contributed by atoms with Crippen molar-refractivity contribution in [2.75, 3.05) is 12.3 Å². The molecule has 90 valence electrons. The summed E-state index contributed by atoms with van der Waals surface area (Å²) in [7, 11) is 0. The molecule has 1 aromatic rings. The monoisotopic (exact) mass is 221 g/mol. The van der Waals surface area contributed by atoms with Crippen molar-refractivity contribution in [1.29, 1.82) is 0 Å². The number of para-hydroxylation sites is 2. The number of nitrogens with two attached hydrogens (primary N) is 1. The molecule has 2 nitrogen and oxygen atoms in total. The highest BCUT2D eigenvalue weighted by Gasteiger charge is 1.97. The number of nitrogen functional groups attached to an aromatic ring is 1. The Hall–Kier alpha value is -1.18. The van der Waals surface area contributed by atoms with E-state index in [1.165, 1.54) is 32.1 Å². The molecule has 0 unspecified atom stereocenters. The van der Waals surface area contributed by atoms with Gasteiger partial charge in [0.15, 0.2) is 0 Å². The third-order valence-electron chi connectivity index (χ3n) is 2.67. The lowest BCUT2D eigenvalue weighted by Crippen LogP contribution is -2.00. The number of hydrogen-bond donors (Lipinski definition) is 1. The van der Waals surface area contributed by atoms with Crippen LogP contribution in [0.3, 0.4) is 0 Å². The van der Waals surface area contributed by atoms with Crippen molar-refractivity contribution in [3.8, 4) is 5.75 Å². The number of unbranched alkanes of at least 4 members (excludes halogenated alkanes) is 5. The van der Waals surface area contributed by atoms with Gasteiger partial charge in [0.2, 0.25) is 0 Å². The summed E-state index contributed by atoms with van der Waals surface area (Å²) < 4.78 is 5.62. The topological polar surface area (TPSA) is 35.2 Å². The van der Waals surface area contributed by atoms with Crippen molar-refractivity contribution >= 4 is 5.69 Å². The van der Waals surface area contributed by atoms with Crippen LogP contribution in [0.4, 0.5) is 5.69 Å². The first-order valence-corrected chi connectivity index (χ1v) is 6.32. The van der Waals surface area contributed by atoms with Gasteiger partial charge in [-0.1, -0.05) is 51.2 Å². The van der Waals surface area contributed by atoms with E-state index in [-0.39, 0.29) is 0 Å². The van der Waals surface area contributed by atoms with E-state index >= 15 is 0 Å². The fourth-order valence-corrected chi connectivity index (χ4v) is 1.68. The fourth-order valence-electron chi connectivity index (χ4n) is 1.68. The average Bonchev–Trinajstić information content (AvgIpc) is 2.30. The lowest BCUT2D eigenvalue weighted by atomic mass is 10.1. The minimum absolute atomic E-state index is 0.730. The van der Waals surface area contributed by atoms with Crippen molar-refractivity contribution in [1.82, 2.24) is 0 Å². The molecule has 0 spiro atoms. The predicted molar refractivity (Wildman–Crippen MR) is 69.7 cm³/mol. The molecule has 0 aliphatic heterocycles. The van der Waals surface area contributed by atoms with E-state index in [9.17, 15) is 0 Å². The maximum Gasteiger partial charge on any atom is 0.142 e.